The van der Waals surface area contributed by atoms with Crippen LogP contribution >= 0.6 is 0 Å². The highest BCUT2D eigenvalue weighted by molar-refractivity contribution is 6.05. The van der Waals surface area contributed by atoms with Gasteiger partial charge in [-0.25, -0.2) is 4.98 Å². The third-order valence-corrected chi connectivity index (χ3v) is 4.96. The van der Waals surface area contributed by atoms with Crippen LogP contribution in [0, 0.1) is 6.92 Å². The number of hydrogen-bond donors (Lipinski definition) is 1. The zero-order chi connectivity index (χ0) is 22.8. The van der Waals surface area contributed by atoms with Crippen LogP contribution in [0.5, 0.6) is 17.4 Å². The Morgan fingerprint density at radius 3 is 2.55 bits per heavy atom. The monoisotopic (exact) mass is 440 g/mol. The molecule has 0 radical (unpaired) electrons. The lowest BCUT2D eigenvalue weighted by atomic mass is 10.2. The Kier molecular flexibility index (Phi) is 5.24. The molecule has 0 fully saturated rings. The number of nitrogens with one attached hydrogen (secondary N) is 1. The number of anilines is 1. The maximum Gasteiger partial charge on any atom is 0.291 e. The summed E-state index contributed by atoms with van der Waals surface area (Å²) in [5.41, 5.74) is 1.14. The molecule has 0 bridgehead atoms. The zero-order valence-corrected chi connectivity index (χ0v) is 18.0. The molecule has 3 aromatic heterocycles. The molecule has 0 unspecified atom stereocenters. The summed E-state index contributed by atoms with van der Waals surface area (Å²) < 4.78 is 18.8. The molecule has 164 valence electrons. The van der Waals surface area contributed by atoms with Crippen LogP contribution in [0.15, 0.2) is 83.5 Å². The van der Waals surface area contributed by atoms with Crippen LogP contribution in [-0.4, -0.2) is 27.6 Å². The molecule has 0 aliphatic rings. The van der Waals surface area contributed by atoms with Gasteiger partial charge in [-0.15, -0.1) is 0 Å². The van der Waals surface area contributed by atoms with Crippen LogP contribution in [-0.2, 0) is 0 Å². The average Bonchev–Trinajstić information content (AvgIpc) is 3.50. The predicted molar refractivity (Wildman–Crippen MR) is 123 cm³/mol. The quantitative estimate of drug-likeness (QED) is 0.381. The number of furan rings is 1. The minimum absolute atomic E-state index is 0.198. The first-order chi connectivity index (χ1) is 16.1. The van der Waals surface area contributed by atoms with E-state index in [1.165, 1.54) is 0 Å². The first kappa shape index (κ1) is 20.3. The van der Waals surface area contributed by atoms with Crippen LogP contribution in [0.4, 0.5) is 5.69 Å². The Hall–Kier alpha value is -4.59. The summed E-state index contributed by atoms with van der Waals surface area (Å²) in [6, 6.07) is 19.8. The van der Waals surface area contributed by atoms with Crippen molar-refractivity contribution in [3.05, 3.63) is 90.7 Å². The van der Waals surface area contributed by atoms with Crippen LogP contribution in [0.25, 0.3) is 16.8 Å². The fourth-order valence-corrected chi connectivity index (χ4v) is 3.43. The van der Waals surface area contributed by atoms with Crippen LogP contribution < -0.4 is 14.8 Å². The van der Waals surface area contributed by atoms with E-state index in [2.05, 4.69) is 15.3 Å². The number of ether oxygens (including phenoxy) is 2. The lowest BCUT2D eigenvalue weighted by Crippen LogP contribution is -2.10. The number of carbonyl (C=O) groups excluding carboxylic acids is 1. The van der Waals surface area contributed by atoms with Crippen LogP contribution in [0.3, 0.4) is 0 Å². The molecule has 33 heavy (non-hydrogen) atoms. The highest BCUT2D eigenvalue weighted by Crippen LogP contribution is 2.29. The molecule has 5 rings (SSSR count). The van der Waals surface area contributed by atoms with Crippen molar-refractivity contribution in [3.8, 4) is 23.2 Å². The zero-order valence-electron chi connectivity index (χ0n) is 18.0. The number of hydrogen-bond acceptors (Lipinski definition) is 6. The maximum atomic E-state index is 12.7. The molecule has 0 aliphatic carbocycles. The topological polar surface area (TPSA) is 91.4 Å². The first-order valence-electron chi connectivity index (χ1n) is 10.2. The minimum Gasteiger partial charge on any atom is -0.493 e. The molecule has 8 heteroatoms. The molecule has 1 N–H and O–H groups in total. The molecule has 0 atom stereocenters. The summed E-state index contributed by atoms with van der Waals surface area (Å²) in [5, 5.41) is 3.62. The third-order valence-electron chi connectivity index (χ3n) is 4.96. The van der Waals surface area contributed by atoms with Gasteiger partial charge < -0.3 is 23.8 Å². The summed E-state index contributed by atoms with van der Waals surface area (Å²) in [5.74, 6) is 2.75. The van der Waals surface area contributed by atoms with Crippen molar-refractivity contribution in [1.29, 1.82) is 0 Å². The second kappa shape index (κ2) is 8.51. The maximum absolute atomic E-state index is 12.7. The van der Waals surface area contributed by atoms with E-state index in [9.17, 15) is 4.79 Å². The lowest BCUT2D eigenvalue weighted by molar-refractivity contribution is 0.0998. The Balaban J connectivity index is 1.30. The van der Waals surface area contributed by atoms with E-state index in [1.807, 2.05) is 48.1 Å². The number of fused-ring (bicyclic) bond motifs is 1. The molecule has 0 spiro atoms. The van der Waals surface area contributed by atoms with Gasteiger partial charge in [0.15, 0.2) is 17.1 Å². The highest BCUT2D eigenvalue weighted by Gasteiger charge is 2.15. The Morgan fingerprint density at radius 1 is 1.00 bits per heavy atom. The minimum atomic E-state index is -0.357. The van der Waals surface area contributed by atoms with Gasteiger partial charge in [-0.05, 0) is 55.5 Å². The molecule has 3 heterocycles. The largest absolute Gasteiger partial charge is 0.493 e. The summed E-state index contributed by atoms with van der Waals surface area (Å²) in [7, 11) is 1.56. The fraction of sp³-hybridized carbons (Fsp3) is 0.0800. The molecule has 0 saturated carbocycles. The Bertz CT molecular complexity index is 1420. The molecule has 8 nitrogen and oxygen atoms in total. The molecule has 2 aromatic carbocycles. The average molecular weight is 440 g/mol. The van der Waals surface area contributed by atoms with Crippen molar-refractivity contribution in [1.82, 2.24) is 14.5 Å². The van der Waals surface area contributed by atoms with E-state index < -0.39 is 0 Å². The van der Waals surface area contributed by atoms with Gasteiger partial charge in [-0.3, -0.25) is 4.79 Å². The molecular formula is C25H20N4O4. The van der Waals surface area contributed by atoms with Gasteiger partial charge >= 0.3 is 0 Å². The van der Waals surface area contributed by atoms with Gasteiger partial charge in [0.05, 0.1) is 7.11 Å². The smallest absolute Gasteiger partial charge is 0.291 e. The van der Waals surface area contributed by atoms with Crippen molar-refractivity contribution >= 4 is 22.6 Å². The van der Waals surface area contributed by atoms with E-state index in [4.69, 9.17) is 13.9 Å². The lowest BCUT2D eigenvalue weighted by Gasteiger charge is -2.09. The number of benzene rings is 2. The summed E-state index contributed by atoms with van der Waals surface area (Å²) in [6.07, 6.45) is 3.81. The number of carbonyl (C=O) groups is 1. The van der Waals surface area contributed by atoms with Crippen molar-refractivity contribution < 1.29 is 18.7 Å². The molecule has 1 amide bonds. The van der Waals surface area contributed by atoms with Crippen molar-refractivity contribution in [2.24, 2.45) is 0 Å². The van der Waals surface area contributed by atoms with Gasteiger partial charge in [-0.1, -0.05) is 12.1 Å². The molecule has 0 saturated heterocycles. The second-order valence-corrected chi connectivity index (χ2v) is 7.27. The van der Waals surface area contributed by atoms with Gasteiger partial charge in [-0.2, -0.15) is 4.98 Å². The van der Waals surface area contributed by atoms with Gasteiger partial charge in [0.2, 0.25) is 5.88 Å². The number of para-hydroxylation sites is 1. The van der Waals surface area contributed by atoms with Crippen molar-refractivity contribution in [2.75, 3.05) is 12.4 Å². The van der Waals surface area contributed by atoms with Crippen LogP contribution in [0.1, 0.15) is 16.4 Å². The number of methoxy groups -OCH3 is 1. The number of rotatable bonds is 6. The second-order valence-electron chi connectivity index (χ2n) is 7.27. The summed E-state index contributed by atoms with van der Waals surface area (Å²) in [6.45, 7) is 1.81. The number of aryl methyl sites for hydroxylation is 1. The summed E-state index contributed by atoms with van der Waals surface area (Å²) in [4.78, 5) is 21.4. The van der Waals surface area contributed by atoms with E-state index in [1.54, 1.807) is 49.6 Å². The Morgan fingerprint density at radius 2 is 1.79 bits per heavy atom. The van der Waals surface area contributed by atoms with E-state index >= 15 is 0 Å². The van der Waals surface area contributed by atoms with Gasteiger partial charge in [0, 0.05) is 29.5 Å². The third kappa shape index (κ3) is 4.27. The molecule has 5 aromatic rings. The SMILES string of the molecule is COc1cccc2cc(C(=O)Nc3ccc(Oc4cc(-n5cccc5)nc(C)n4)cc3)oc12. The fourth-order valence-electron chi connectivity index (χ4n) is 3.43. The normalized spacial score (nSPS) is 10.8. The molecule has 0 aliphatic heterocycles. The number of nitrogens with zero attached hydrogens (tertiary/aromatic N) is 3. The van der Waals surface area contributed by atoms with E-state index in [-0.39, 0.29) is 11.7 Å². The van der Waals surface area contributed by atoms with Gasteiger partial charge in [0.1, 0.15) is 17.4 Å². The van der Waals surface area contributed by atoms with E-state index in [0.29, 0.717) is 40.3 Å². The van der Waals surface area contributed by atoms with Crippen molar-refractivity contribution in [2.45, 2.75) is 6.92 Å². The molecular weight excluding hydrogens is 420 g/mol. The first-order valence-corrected chi connectivity index (χ1v) is 10.2. The highest BCUT2D eigenvalue weighted by atomic mass is 16.5. The van der Waals surface area contributed by atoms with Gasteiger partial charge in [0.25, 0.3) is 5.91 Å². The van der Waals surface area contributed by atoms with Crippen LogP contribution in [0.2, 0.25) is 0 Å². The standard InChI is InChI=1S/C25H20N4O4/c1-16-26-22(29-12-3-4-13-29)15-23(27-16)32-19-10-8-18(9-11-19)28-25(30)21-14-17-6-5-7-20(31-2)24(17)33-21/h3-15H,1-2H3,(H,28,30). The Labute approximate surface area is 189 Å². The summed E-state index contributed by atoms with van der Waals surface area (Å²) >= 11 is 0. The van der Waals surface area contributed by atoms with E-state index in [0.717, 1.165) is 5.39 Å². The number of amides is 1. The number of aromatic nitrogens is 3. The van der Waals surface area contributed by atoms with Crippen molar-refractivity contribution in [3.63, 3.8) is 0 Å². The predicted octanol–water partition coefficient (Wildman–Crippen LogP) is 5.38.